The van der Waals surface area contributed by atoms with E-state index >= 15 is 0 Å². The van der Waals surface area contributed by atoms with Crippen molar-refractivity contribution < 1.29 is 14.3 Å². The fourth-order valence-corrected chi connectivity index (χ4v) is 4.17. The Morgan fingerprint density at radius 2 is 1.69 bits per heavy atom. The molecule has 1 fully saturated rings. The Balaban J connectivity index is 1.32. The van der Waals surface area contributed by atoms with Gasteiger partial charge in [0.1, 0.15) is 0 Å². The molecule has 5 nitrogen and oxygen atoms in total. The first kappa shape index (κ1) is 24.0. The molecule has 0 saturated carbocycles. The van der Waals surface area contributed by atoms with Gasteiger partial charge in [-0.15, -0.1) is 0 Å². The van der Waals surface area contributed by atoms with Gasteiger partial charge in [-0.25, -0.2) is 0 Å². The van der Waals surface area contributed by atoms with Gasteiger partial charge in [-0.1, -0.05) is 36.4 Å². The smallest absolute Gasteiger partial charge is 0.306 e. The predicted molar refractivity (Wildman–Crippen MR) is 129 cm³/mol. The highest BCUT2D eigenvalue weighted by Gasteiger charge is 2.16. The van der Waals surface area contributed by atoms with Gasteiger partial charge in [0.05, 0.1) is 13.0 Å². The van der Waals surface area contributed by atoms with E-state index in [1.165, 1.54) is 23.2 Å². The van der Waals surface area contributed by atoms with E-state index in [9.17, 15) is 9.59 Å². The van der Waals surface area contributed by atoms with Crippen LogP contribution in [0.15, 0.2) is 48.5 Å². The van der Waals surface area contributed by atoms with Crippen molar-refractivity contribution in [3.05, 3.63) is 65.2 Å². The Hall–Kier alpha value is -2.66. The van der Waals surface area contributed by atoms with Crippen LogP contribution in [0, 0.1) is 6.92 Å². The molecule has 0 aromatic heterocycles. The van der Waals surface area contributed by atoms with Crippen LogP contribution in [0.25, 0.3) is 0 Å². The second-order valence-corrected chi connectivity index (χ2v) is 8.55. The van der Waals surface area contributed by atoms with Crippen LogP contribution in [0.1, 0.15) is 54.1 Å². The average Bonchev–Trinajstić information content (AvgIpc) is 2.81. The molecule has 1 aliphatic rings. The molecule has 0 radical (unpaired) electrons. The van der Waals surface area contributed by atoms with E-state index in [0.717, 1.165) is 45.6 Å². The second kappa shape index (κ2) is 12.4. The van der Waals surface area contributed by atoms with Crippen LogP contribution in [0.4, 0.5) is 5.69 Å². The SMILES string of the molecule is CCOC(=O)CCC(=O)c1ccc(CCCCN2CCN(c3cccc(C)c3)CC2)cc1. The summed E-state index contributed by atoms with van der Waals surface area (Å²) in [4.78, 5) is 28.7. The third kappa shape index (κ3) is 7.49. The molecule has 1 saturated heterocycles. The minimum atomic E-state index is -0.311. The summed E-state index contributed by atoms with van der Waals surface area (Å²) in [7, 11) is 0. The molecule has 32 heavy (non-hydrogen) atoms. The number of esters is 1. The van der Waals surface area contributed by atoms with Gasteiger partial charge in [0.25, 0.3) is 0 Å². The normalized spacial score (nSPS) is 14.4. The van der Waals surface area contributed by atoms with Crippen molar-refractivity contribution in [2.75, 3.05) is 44.2 Å². The topological polar surface area (TPSA) is 49.9 Å². The number of unbranched alkanes of at least 4 members (excludes halogenated alkanes) is 1. The third-order valence-electron chi connectivity index (χ3n) is 6.07. The molecular formula is C27H36N2O3. The first-order valence-electron chi connectivity index (χ1n) is 11.9. The summed E-state index contributed by atoms with van der Waals surface area (Å²) >= 11 is 0. The molecule has 2 aromatic carbocycles. The largest absolute Gasteiger partial charge is 0.466 e. The molecule has 0 amide bonds. The Morgan fingerprint density at radius 3 is 2.38 bits per heavy atom. The van der Waals surface area contributed by atoms with Gasteiger partial charge in [0.2, 0.25) is 0 Å². The molecule has 1 heterocycles. The standard InChI is InChI=1S/C27H36N2O3/c1-3-32-27(31)15-14-26(30)24-12-10-23(11-13-24)8-4-5-16-28-17-19-29(20-18-28)25-9-6-7-22(2)21-25/h6-7,9-13,21H,3-5,8,14-20H2,1-2H3. The zero-order chi connectivity index (χ0) is 22.8. The van der Waals surface area contributed by atoms with E-state index < -0.39 is 0 Å². The second-order valence-electron chi connectivity index (χ2n) is 8.55. The molecule has 1 aliphatic heterocycles. The number of ether oxygens (including phenoxy) is 1. The molecule has 0 atom stereocenters. The van der Waals surface area contributed by atoms with Crippen molar-refractivity contribution in [1.82, 2.24) is 4.90 Å². The quantitative estimate of drug-likeness (QED) is 0.291. The lowest BCUT2D eigenvalue weighted by Gasteiger charge is -2.36. The lowest BCUT2D eigenvalue weighted by molar-refractivity contribution is -0.143. The summed E-state index contributed by atoms with van der Waals surface area (Å²) in [5.41, 5.74) is 4.59. The number of piperazine rings is 1. The molecule has 172 valence electrons. The van der Waals surface area contributed by atoms with E-state index in [-0.39, 0.29) is 24.6 Å². The highest BCUT2D eigenvalue weighted by atomic mass is 16.5. The van der Waals surface area contributed by atoms with Gasteiger partial charge < -0.3 is 9.64 Å². The maximum absolute atomic E-state index is 12.2. The number of rotatable bonds is 11. The van der Waals surface area contributed by atoms with Crippen molar-refractivity contribution in [1.29, 1.82) is 0 Å². The molecule has 5 heteroatoms. The van der Waals surface area contributed by atoms with Crippen LogP contribution < -0.4 is 4.90 Å². The van der Waals surface area contributed by atoms with E-state index in [0.29, 0.717) is 12.2 Å². The number of carbonyl (C=O) groups excluding carboxylic acids is 2. The van der Waals surface area contributed by atoms with Crippen molar-refractivity contribution in [2.24, 2.45) is 0 Å². The van der Waals surface area contributed by atoms with Gasteiger partial charge in [0, 0.05) is 43.9 Å². The monoisotopic (exact) mass is 436 g/mol. The number of benzene rings is 2. The first-order chi connectivity index (χ1) is 15.5. The lowest BCUT2D eigenvalue weighted by Crippen LogP contribution is -2.46. The number of anilines is 1. The Morgan fingerprint density at radius 1 is 0.938 bits per heavy atom. The maximum atomic E-state index is 12.2. The lowest BCUT2D eigenvalue weighted by atomic mass is 10.0. The van der Waals surface area contributed by atoms with E-state index in [2.05, 4.69) is 41.0 Å². The molecular weight excluding hydrogens is 400 g/mol. The summed E-state index contributed by atoms with van der Waals surface area (Å²) < 4.78 is 4.88. The summed E-state index contributed by atoms with van der Waals surface area (Å²) in [5, 5.41) is 0. The number of ketones is 1. The van der Waals surface area contributed by atoms with Crippen molar-refractivity contribution in [2.45, 2.75) is 46.0 Å². The van der Waals surface area contributed by atoms with Crippen LogP contribution in [-0.2, 0) is 16.0 Å². The number of nitrogens with zero attached hydrogens (tertiary/aromatic N) is 2. The zero-order valence-electron chi connectivity index (χ0n) is 19.5. The molecule has 0 bridgehead atoms. The molecule has 0 aliphatic carbocycles. The van der Waals surface area contributed by atoms with Crippen LogP contribution in [0.2, 0.25) is 0 Å². The Bertz CT molecular complexity index is 871. The van der Waals surface area contributed by atoms with Crippen molar-refractivity contribution >= 4 is 17.4 Å². The first-order valence-corrected chi connectivity index (χ1v) is 11.9. The molecule has 0 N–H and O–H groups in total. The number of hydrogen-bond acceptors (Lipinski definition) is 5. The molecule has 2 aromatic rings. The minimum Gasteiger partial charge on any atom is -0.466 e. The van der Waals surface area contributed by atoms with Crippen molar-refractivity contribution in [3.8, 4) is 0 Å². The van der Waals surface area contributed by atoms with Gasteiger partial charge in [-0.3, -0.25) is 14.5 Å². The number of Topliss-reactive ketones (excluding diaryl/α,β-unsaturated/α-hetero) is 1. The van der Waals surface area contributed by atoms with Crippen LogP contribution in [-0.4, -0.2) is 56.0 Å². The summed E-state index contributed by atoms with van der Waals surface area (Å²) in [6.45, 7) is 9.84. The van der Waals surface area contributed by atoms with Gasteiger partial charge in [0.15, 0.2) is 5.78 Å². The van der Waals surface area contributed by atoms with Crippen LogP contribution >= 0.6 is 0 Å². The zero-order valence-corrected chi connectivity index (χ0v) is 19.5. The number of carbonyl (C=O) groups is 2. The van der Waals surface area contributed by atoms with Crippen LogP contribution in [0.5, 0.6) is 0 Å². The van der Waals surface area contributed by atoms with E-state index in [1.54, 1.807) is 6.92 Å². The van der Waals surface area contributed by atoms with Crippen molar-refractivity contribution in [3.63, 3.8) is 0 Å². The summed E-state index contributed by atoms with van der Waals surface area (Å²) in [6.07, 6.45) is 3.71. The van der Waals surface area contributed by atoms with Gasteiger partial charge in [-0.05, 0) is 62.9 Å². The molecule has 3 rings (SSSR count). The summed E-state index contributed by atoms with van der Waals surface area (Å²) in [5.74, 6) is -0.316. The Kier molecular flexibility index (Phi) is 9.29. The highest BCUT2D eigenvalue weighted by Crippen LogP contribution is 2.18. The van der Waals surface area contributed by atoms with E-state index in [1.807, 2.05) is 24.3 Å². The average molecular weight is 437 g/mol. The number of hydrogen-bond donors (Lipinski definition) is 0. The minimum absolute atomic E-state index is 0.00518. The third-order valence-corrected chi connectivity index (χ3v) is 6.07. The predicted octanol–water partition coefficient (Wildman–Crippen LogP) is 4.67. The maximum Gasteiger partial charge on any atom is 0.306 e. The highest BCUT2D eigenvalue weighted by molar-refractivity contribution is 5.97. The van der Waals surface area contributed by atoms with Gasteiger partial charge >= 0.3 is 5.97 Å². The fourth-order valence-electron chi connectivity index (χ4n) is 4.17. The Labute approximate surface area is 192 Å². The molecule has 0 spiro atoms. The number of aryl methyl sites for hydroxylation is 2. The molecule has 0 unspecified atom stereocenters. The fraction of sp³-hybridized carbons (Fsp3) is 0.481. The summed E-state index contributed by atoms with van der Waals surface area (Å²) in [6, 6.07) is 16.6. The van der Waals surface area contributed by atoms with E-state index in [4.69, 9.17) is 4.74 Å². The van der Waals surface area contributed by atoms with Gasteiger partial charge in [-0.2, -0.15) is 0 Å². The van der Waals surface area contributed by atoms with Crippen LogP contribution in [0.3, 0.4) is 0 Å².